The van der Waals surface area contributed by atoms with E-state index in [1.807, 2.05) is 11.4 Å². The molecule has 0 aliphatic heterocycles. The van der Waals surface area contributed by atoms with Crippen LogP contribution in [0, 0.1) is 29.6 Å². The second-order valence-corrected chi connectivity index (χ2v) is 10.7. The van der Waals surface area contributed by atoms with Gasteiger partial charge in [-0.3, -0.25) is 4.79 Å². The van der Waals surface area contributed by atoms with Crippen molar-refractivity contribution in [2.75, 3.05) is 5.32 Å². The van der Waals surface area contributed by atoms with Crippen molar-refractivity contribution in [1.82, 2.24) is 4.98 Å². The fraction of sp³-hybridized carbons (Fsp3) is 0.407. The molecule has 3 nitrogen and oxygen atoms in total. The molecule has 4 aliphatic carbocycles. The molecule has 0 radical (unpaired) electrons. The number of thiazole rings is 1. The normalized spacial score (nSPS) is 28.6. The topological polar surface area (TPSA) is 42.0 Å². The molecule has 2 aromatic carbocycles. The van der Waals surface area contributed by atoms with Crippen LogP contribution >= 0.6 is 11.3 Å². The summed E-state index contributed by atoms with van der Waals surface area (Å²) in [4.78, 5) is 17.5. The fourth-order valence-electron chi connectivity index (χ4n) is 6.68. The standard InChI is InChI=1S/C27H28N2OS/c30-26(15-24-22-11-17-10-18(13-22)14-23(24)12-17)29-27-28-25(16-31-27)21-8-6-20(7-9-21)19-4-2-1-3-5-19/h1-9,16-18,22-24H,10-15H2,(H,28,29,30). The minimum atomic E-state index is 0.151. The van der Waals surface area contributed by atoms with Crippen molar-refractivity contribution in [1.29, 1.82) is 0 Å². The summed E-state index contributed by atoms with van der Waals surface area (Å²) >= 11 is 1.52. The van der Waals surface area contributed by atoms with Gasteiger partial charge in [-0.1, -0.05) is 54.6 Å². The van der Waals surface area contributed by atoms with Gasteiger partial charge in [0.15, 0.2) is 5.13 Å². The second kappa shape index (κ2) is 7.90. The van der Waals surface area contributed by atoms with E-state index in [0.717, 1.165) is 40.1 Å². The summed E-state index contributed by atoms with van der Waals surface area (Å²) in [6.07, 6.45) is 7.60. The van der Waals surface area contributed by atoms with Crippen molar-refractivity contribution < 1.29 is 4.79 Å². The van der Waals surface area contributed by atoms with Crippen LogP contribution in [0.3, 0.4) is 0 Å². The van der Waals surface area contributed by atoms with E-state index in [9.17, 15) is 4.79 Å². The maximum Gasteiger partial charge on any atom is 0.226 e. The third-order valence-corrected chi connectivity index (χ3v) is 8.64. The predicted molar refractivity (Wildman–Crippen MR) is 127 cm³/mol. The Hall–Kier alpha value is -2.46. The van der Waals surface area contributed by atoms with Gasteiger partial charge < -0.3 is 5.32 Å². The lowest BCUT2D eigenvalue weighted by Crippen LogP contribution is -2.46. The largest absolute Gasteiger partial charge is 0.302 e. The molecule has 1 heterocycles. The maximum absolute atomic E-state index is 12.8. The first kappa shape index (κ1) is 19.2. The van der Waals surface area contributed by atoms with Gasteiger partial charge in [-0.2, -0.15) is 0 Å². The Kier molecular flexibility index (Phi) is 4.91. The molecule has 4 heteroatoms. The molecular formula is C27H28N2OS. The number of hydrogen-bond donors (Lipinski definition) is 1. The number of nitrogens with one attached hydrogen (secondary N) is 1. The Balaban J connectivity index is 1.10. The van der Waals surface area contributed by atoms with E-state index < -0.39 is 0 Å². The number of carbonyl (C=O) groups is 1. The van der Waals surface area contributed by atoms with E-state index in [4.69, 9.17) is 4.98 Å². The molecule has 4 saturated carbocycles. The SMILES string of the molecule is O=C(CC1C2CC3CC(C2)CC1C3)Nc1nc(-c2ccc(-c3ccccc3)cc2)cs1. The van der Waals surface area contributed by atoms with Gasteiger partial charge in [0.25, 0.3) is 0 Å². The van der Waals surface area contributed by atoms with Gasteiger partial charge in [0.05, 0.1) is 5.69 Å². The lowest BCUT2D eigenvalue weighted by Gasteiger charge is -2.54. The molecule has 4 fully saturated rings. The summed E-state index contributed by atoms with van der Waals surface area (Å²) in [5.74, 6) is 4.23. The van der Waals surface area contributed by atoms with E-state index in [1.54, 1.807) is 0 Å². The van der Waals surface area contributed by atoms with E-state index in [1.165, 1.54) is 54.6 Å². The van der Waals surface area contributed by atoms with Crippen molar-refractivity contribution >= 4 is 22.4 Å². The molecule has 158 valence electrons. The number of amides is 1. The highest BCUT2D eigenvalue weighted by atomic mass is 32.1. The smallest absolute Gasteiger partial charge is 0.226 e. The first-order valence-corrected chi connectivity index (χ1v) is 12.5. The van der Waals surface area contributed by atoms with Crippen molar-refractivity contribution in [3.63, 3.8) is 0 Å². The Morgan fingerprint density at radius 2 is 1.45 bits per heavy atom. The van der Waals surface area contributed by atoms with Gasteiger partial charge >= 0.3 is 0 Å². The van der Waals surface area contributed by atoms with E-state index in [2.05, 4.69) is 53.8 Å². The Morgan fingerprint density at radius 3 is 2.13 bits per heavy atom. The van der Waals surface area contributed by atoms with Gasteiger partial charge in [-0.15, -0.1) is 11.3 Å². The number of nitrogens with zero attached hydrogens (tertiary/aromatic N) is 1. The summed E-state index contributed by atoms with van der Waals surface area (Å²) in [6, 6.07) is 18.9. The Labute approximate surface area is 187 Å². The number of aromatic nitrogens is 1. The summed E-state index contributed by atoms with van der Waals surface area (Å²) in [6.45, 7) is 0. The zero-order chi connectivity index (χ0) is 20.8. The molecule has 7 rings (SSSR count). The first-order valence-electron chi connectivity index (χ1n) is 11.6. The number of anilines is 1. The highest BCUT2D eigenvalue weighted by molar-refractivity contribution is 7.14. The van der Waals surface area contributed by atoms with Gasteiger partial charge in [0.2, 0.25) is 5.91 Å². The third kappa shape index (κ3) is 3.82. The molecule has 1 amide bonds. The predicted octanol–water partition coefficient (Wildman–Crippen LogP) is 6.88. The number of benzene rings is 2. The van der Waals surface area contributed by atoms with Gasteiger partial charge in [0.1, 0.15) is 0 Å². The van der Waals surface area contributed by atoms with Crippen LogP contribution in [-0.4, -0.2) is 10.9 Å². The summed E-state index contributed by atoms with van der Waals surface area (Å²) < 4.78 is 0. The number of hydrogen-bond acceptors (Lipinski definition) is 3. The Bertz CT molecular complexity index is 1040. The number of rotatable bonds is 5. The van der Waals surface area contributed by atoms with Crippen LogP contribution in [0.5, 0.6) is 0 Å². The van der Waals surface area contributed by atoms with Crippen LogP contribution < -0.4 is 5.32 Å². The monoisotopic (exact) mass is 428 g/mol. The fourth-order valence-corrected chi connectivity index (χ4v) is 7.42. The van der Waals surface area contributed by atoms with Crippen LogP contribution in [0.2, 0.25) is 0 Å². The average Bonchev–Trinajstić information content (AvgIpc) is 3.25. The minimum absolute atomic E-state index is 0.151. The zero-order valence-corrected chi connectivity index (χ0v) is 18.5. The molecule has 1 N–H and O–H groups in total. The van der Waals surface area contributed by atoms with Crippen molar-refractivity contribution in [2.24, 2.45) is 29.6 Å². The number of carbonyl (C=O) groups excluding carboxylic acids is 1. The lowest BCUT2D eigenvalue weighted by atomic mass is 9.51. The summed E-state index contributed by atoms with van der Waals surface area (Å²) in [7, 11) is 0. The van der Waals surface area contributed by atoms with Gasteiger partial charge in [-0.05, 0) is 72.8 Å². The van der Waals surface area contributed by atoms with Crippen molar-refractivity contribution in [3.8, 4) is 22.4 Å². The molecule has 31 heavy (non-hydrogen) atoms. The van der Waals surface area contributed by atoms with Crippen molar-refractivity contribution in [3.05, 3.63) is 60.0 Å². The van der Waals surface area contributed by atoms with Crippen molar-refractivity contribution in [2.45, 2.75) is 38.5 Å². The van der Waals surface area contributed by atoms with Crippen LogP contribution in [0.25, 0.3) is 22.4 Å². The van der Waals surface area contributed by atoms with Crippen LogP contribution in [0.4, 0.5) is 5.13 Å². The van der Waals surface area contributed by atoms with E-state index in [0.29, 0.717) is 12.3 Å². The van der Waals surface area contributed by atoms with Crippen LogP contribution in [0.15, 0.2) is 60.0 Å². The van der Waals surface area contributed by atoms with Crippen LogP contribution in [-0.2, 0) is 4.79 Å². The summed E-state index contributed by atoms with van der Waals surface area (Å²) in [5.41, 5.74) is 4.42. The third-order valence-electron chi connectivity index (χ3n) is 7.88. The molecule has 3 aromatic rings. The van der Waals surface area contributed by atoms with Gasteiger partial charge in [0, 0.05) is 17.4 Å². The summed E-state index contributed by atoms with van der Waals surface area (Å²) in [5, 5.41) is 5.85. The second-order valence-electron chi connectivity index (χ2n) is 9.83. The molecular weight excluding hydrogens is 400 g/mol. The molecule has 0 spiro atoms. The van der Waals surface area contributed by atoms with E-state index >= 15 is 0 Å². The zero-order valence-electron chi connectivity index (χ0n) is 17.7. The van der Waals surface area contributed by atoms with Gasteiger partial charge in [-0.25, -0.2) is 4.98 Å². The molecule has 0 atom stereocenters. The molecule has 4 bridgehead atoms. The first-order chi connectivity index (χ1) is 15.2. The Morgan fingerprint density at radius 1 is 0.839 bits per heavy atom. The van der Waals surface area contributed by atoms with E-state index in [-0.39, 0.29) is 5.91 Å². The minimum Gasteiger partial charge on any atom is -0.302 e. The highest BCUT2D eigenvalue weighted by Gasteiger charge is 2.48. The maximum atomic E-state index is 12.8. The molecule has 0 saturated heterocycles. The molecule has 1 aromatic heterocycles. The highest BCUT2D eigenvalue weighted by Crippen LogP contribution is 2.57. The quantitative estimate of drug-likeness (QED) is 0.481. The lowest BCUT2D eigenvalue weighted by molar-refractivity contribution is -0.121. The molecule has 4 aliphatic rings. The van der Waals surface area contributed by atoms with Crippen LogP contribution in [0.1, 0.15) is 38.5 Å². The average molecular weight is 429 g/mol. The molecule has 0 unspecified atom stereocenters.